The van der Waals surface area contributed by atoms with E-state index in [1.54, 1.807) is 20.8 Å². The Labute approximate surface area is 112 Å². The summed E-state index contributed by atoms with van der Waals surface area (Å²) in [6.45, 7) is 5.13. The van der Waals surface area contributed by atoms with Gasteiger partial charge in [0, 0.05) is 0 Å². The molecule has 0 atom stereocenters. The number of nitrogens with one attached hydrogen (secondary N) is 1. The van der Waals surface area contributed by atoms with Crippen molar-refractivity contribution in [3.8, 4) is 0 Å². The Balaban J connectivity index is 2.99. The summed E-state index contributed by atoms with van der Waals surface area (Å²) in [4.78, 5) is 18.3. The summed E-state index contributed by atoms with van der Waals surface area (Å²) >= 11 is 0. The van der Waals surface area contributed by atoms with E-state index in [-0.39, 0.29) is 10.5 Å². The summed E-state index contributed by atoms with van der Waals surface area (Å²) in [6.07, 6.45) is 0. The van der Waals surface area contributed by atoms with Crippen LogP contribution in [0.25, 0.3) is 0 Å². The van der Waals surface area contributed by atoms with Crippen LogP contribution in [-0.4, -0.2) is 27.1 Å². The van der Waals surface area contributed by atoms with Crippen molar-refractivity contribution in [2.75, 3.05) is 7.11 Å². The Morgan fingerprint density at radius 1 is 1.26 bits per heavy atom. The van der Waals surface area contributed by atoms with E-state index < -0.39 is 21.6 Å². The van der Waals surface area contributed by atoms with Crippen LogP contribution in [0, 0.1) is 0 Å². The standard InChI is InChI=1S/C12H17NO5S/c1-12(2,3)18-13-19(15,16)10-7-5-6-9(8-10)11(14)17-4/h5-8,13H,1-4H3. The average molecular weight is 287 g/mol. The van der Waals surface area contributed by atoms with Crippen LogP contribution in [0.2, 0.25) is 0 Å². The van der Waals surface area contributed by atoms with Crippen molar-refractivity contribution in [1.29, 1.82) is 0 Å². The number of methoxy groups -OCH3 is 1. The Bertz CT molecular complexity index is 560. The molecule has 1 N–H and O–H groups in total. The molecule has 7 heteroatoms. The first-order chi connectivity index (χ1) is 8.65. The van der Waals surface area contributed by atoms with Gasteiger partial charge in [-0.25, -0.2) is 13.2 Å². The van der Waals surface area contributed by atoms with Crippen LogP contribution in [-0.2, 0) is 19.6 Å². The molecule has 0 aliphatic rings. The summed E-state index contributed by atoms with van der Waals surface area (Å²) in [5, 5.41) is 0. The second-order valence-corrected chi connectivity index (χ2v) is 6.47. The molecule has 0 bridgehead atoms. The second-order valence-electron chi connectivity index (χ2n) is 4.82. The number of ether oxygens (including phenoxy) is 1. The van der Waals surface area contributed by atoms with Crippen molar-refractivity contribution >= 4 is 16.0 Å². The Hall–Kier alpha value is -1.44. The zero-order chi connectivity index (χ0) is 14.7. The molecule has 0 unspecified atom stereocenters. The Morgan fingerprint density at radius 3 is 2.42 bits per heavy atom. The van der Waals surface area contributed by atoms with Gasteiger partial charge in [0.2, 0.25) is 0 Å². The van der Waals surface area contributed by atoms with Gasteiger partial charge in [-0.3, -0.25) is 4.84 Å². The zero-order valence-corrected chi connectivity index (χ0v) is 12.1. The summed E-state index contributed by atoms with van der Waals surface area (Å²) in [5.74, 6) is -0.603. The normalized spacial score (nSPS) is 12.2. The largest absolute Gasteiger partial charge is 0.465 e. The predicted molar refractivity (Wildman–Crippen MR) is 68.9 cm³/mol. The van der Waals surface area contributed by atoms with E-state index in [2.05, 4.69) is 4.74 Å². The second kappa shape index (κ2) is 5.68. The summed E-state index contributed by atoms with van der Waals surface area (Å²) in [5.41, 5.74) is -0.506. The van der Waals surface area contributed by atoms with Crippen molar-refractivity contribution < 1.29 is 22.8 Å². The fourth-order valence-corrected chi connectivity index (χ4v) is 2.13. The molecule has 19 heavy (non-hydrogen) atoms. The first-order valence-corrected chi connectivity index (χ1v) is 7.02. The number of benzene rings is 1. The number of esters is 1. The van der Waals surface area contributed by atoms with Crippen molar-refractivity contribution in [2.45, 2.75) is 31.3 Å². The van der Waals surface area contributed by atoms with Crippen molar-refractivity contribution in [2.24, 2.45) is 0 Å². The number of rotatable bonds is 4. The topological polar surface area (TPSA) is 81.7 Å². The number of hydrogen-bond acceptors (Lipinski definition) is 5. The van der Waals surface area contributed by atoms with Crippen LogP contribution >= 0.6 is 0 Å². The maximum absolute atomic E-state index is 12.0. The van der Waals surface area contributed by atoms with E-state index >= 15 is 0 Å². The molecule has 0 heterocycles. The highest BCUT2D eigenvalue weighted by Gasteiger charge is 2.20. The smallest absolute Gasteiger partial charge is 0.337 e. The maximum atomic E-state index is 12.0. The molecule has 106 valence electrons. The quantitative estimate of drug-likeness (QED) is 0.670. The van der Waals surface area contributed by atoms with Gasteiger partial charge in [0.1, 0.15) is 0 Å². The lowest BCUT2D eigenvalue weighted by molar-refractivity contribution is -0.0357. The van der Waals surface area contributed by atoms with Gasteiger partial charge in [0.25, 0.3) is 10.0 Å². The van der Waals surface area contributed by atoms with Crippen molar-refractivity contribution in [1.82, 2.24) is 4.89 Å². The molecule has 1 aromatic carbocycles. The lowest BCUT2D eigenvalue weighted by Gasteiger charge is -2.19. The molecular weight excluding hydrogens is 270 g/mol. The molecule has 6 nitrogen and oxygen atoms in total. The highest BCUT2D eigenvalue weighted by Crippen LogP contribution is 2.14. The first-order valence-electron chi connectivity index (χ1n) is 5.54. The lowest BCUT2D eigenvalue weighted by atomic mass is 10.2. The van der Waals surface area contributed by atoms with E-state index in [9.17, 15) is 13.2 Å². The molecule has 1 aromatic rings. The Morgan fingerprint density at radius 2 is 1.89 bits per heavy atom. The van der Waals surface area contributed by atoms with Gasteiger partial charge >= 0.3 is 5.97 Å². The number of carbonyl (C=O) groups is 1. The SMILES string of the molecule is COC(=O)c1cccc(S(=O)(=O)NOC(C)(C)C)c1. The van der Waals surface area contributed by atoms with Crippen LogP contribution in [0.5, 0.6) is 0 Å². The van der Waals surface area contributed by atoms with Crippen molar-refractivity contribution in [3.05, 3.63) is 29.8 Å². The van der Waals surface area contributed by atoms with E-state index in [1.165, 1.54) is 31.4 Å². The van der Waals surface area contributed by atoms with Crippen LogP contribution in [0.4, 0.5) is 0 Å². The van der Waals surface area contributed by atoms with Gasteiger partial charge in [-0.1, -0.05) is 11.0 Å². The third kappa shape index (κ3) is 4.62. The van der Waals surface area contributed by atoms with Crippen LogP contribution in [0.15, 0.2) is 29.2 Å². The minimum atomic E-state index is -3.84. The first kappa shape index (κ1) is 15.6. The van der Waals surface area contributed by atoms with Gasteiger partial charge in [0.05, 0.1) is 23.2 Å². The van der Waals surface area contributed by atoms with Gasteiger partial charge in [-0.2, -0.15) is 0 Å². The van der Waals surface area contributed by atoms with Gasteiger partial charge in [-0.15, -0.1) is 0 Å². The predicted octanol–water partition coefficient (Wildman–Crippen LogP) is 1.48. The van der Waals surface area contributed by atoms with Gasteiger partial charge < -0.3 is 4.74 Å². The monoisotopic (exact) mass is 287 g/mol. The number of sulfonamides is 1. The number of hydrogen-bond donors (Lipinski definition) is 1. The van der Waals surface area contributed by atoms with E-state index in [0.29, 0.717) is 0 Å². The molecular formula is C12H17NO5S. The molecule has 0 spiro atoms. The van der Waals surface area contributed by atoms with E-state index in [0.717, 1.165) is 0 Å². The fourth-order valence-electron chi connectivity index (χ4n) is 1.14. The lowest BCUT2D eigenvalue weighted by Crippen LogP contribution is -2.33. The minimum Gasteiger partial charge on any atom is -0.465 e. The third-order valence-corrected chi connectivity index (χ3v) is 3.20. The summed E-state index contributed by atoms with van der Waals surface area (Å²) in [6, 6.07) is 5.51. The zero-order valence-electron chi connectivity index (χ0n) is 11.3. The molecule has 0 aliphatic heterocycles. The molecule has 0 aliphatic carbocycles. The Kier molecular flexibility index (Phi) is 4.67. The molecule has 1 rings (SSSR count). The average Bonchev–Trinajstić information content (AvgIpc) is 2.35. The highest BCUT2D eigenvalue weighted by molar-refractivity contribution is 7.89. The molecule has 0 aromatic heterocycles. The molecule has 0 saturated heterocycles. The summed E-state index contributed by atoms with van der Waals surface area (Å²) < 4.78 is 28.4. The highest BCUT2D eigenvalue weighted by atomic mass is 32.2. The van der Waals surface area contributed by atoms with E-state index in [4.69, 9.17) is 4.84 Å². The van der Waals surface area contributed by atoms with Crippen LogP contribution in [0.1, 0.15) is 31.1 Å². The fraction of sp³-hybridized carbons (Fsp3) is 0.417. The van der Waals surface area contributed by atoms with Crippen LogP contribution in [0.3, 0.4) is 0 Å². The van der Waals surface area contributed by atoms with Gasteiger partial charge in [-0.05, 0) is 39.0 Å². The van der Waals surface area contributed by atoms with Gasteiger partial charge in [0.15, 0.2) is 0 Å². The maximum Gasteiger partial charge on any atom is 0.337 e. The van der Waals surface area contributed by atoms with E-state index in [1.807, 2.05) is 4.89 Å². The molecule has 0 saturated carbocycles. The number of carbonyl (C=O) groups excluding carboxylic acids is 1. The van der Waals surface area contributed by atoms with Crippen LogP contribution < -0.4 is 4.89 Å². The molecule has 0 fully saturated rings. The summed E-state index contributed by atoms with van der Waals surface area (Å²) in [7, 11) is -2.61. The van der Waals surface area contributed by atoms with Crippen molar-refractivity contribution in [3.63, 3.8) is 0 Å². The molecule has 0 amide bonds. The molecule has 0 radical (unpaired) electrons. The minimum absolute atomic E-state index is 0.0698. The third-order valence-electron chi connectivity index (χ3n) is 2.02.